The molecule has 0 saturated carbocycles. The Labute approximate surface area is 132 Å². The molecule has 2 nitrogen and oxygen atoms in total. The number of rotatable bonds is 3. The highest BCUT2D eigenvalue weighted by molar-refractivity contribution is 7.99. The van der Waals surface area contributed by atoms with Gasteiger partial charge in [-0.15, -0.1) is 0 Å². The molecule has 0 radical (unpaired) electrons. The van der Waals surface area contributed by atoms with Gasteiger partial charge in [0, 0.05) is 15.4 Å². The second kappa shape index (κ2) is 5.80. The Balaban J connectivity index is 1.91. The van der Waals surface area contributed by atoms with Gasteiger partial charge in [0.1, 0.15) is 5.84 Å². The smallest absolute Gasteiger partial charge is 0.124 e. The molecule has 0 spiro atoms. The van der Waals surface area contributed by atoms with E-state index < -0.39 is 0 Å². The van der Waals surface area contributed by atoms with Crippen LogP contribution in [0, 0.1) is 5.41 Å². The maximum Gasteiger partial charge on any atom is 0.124 e. The third-order valence-electron chi connectivity index (χ3n) is 3.19. The lowest BCUT2D eigenvalue weighted by Gasteiger charge is -2.07. The normalized spacial score (nSPS) is 10.7. The van der Waals surface area contributed by atoms with E-state index in [0.29, 0.717) is 10.6 Å². The van der Waals surface area contributed by atoms with Crippen molar-refractivity contribution in [2.24, 2.45) is 5.73 Å². The molecule has 0 saturated heterocycles. The standard InChI is InChI=1S/C17H13ClN2S/c18-16-10-14(7-8-15(16)17(19)20)21-13-6-5-11-3-1-2-4-12(11)9-13/h1-10H,(H3,19,20). The lowest BCUT2D eigenvalue weighted by molar-refractivity contribution is 1.38. The van der Waals surface area contributed by atoms with Crippen LogP contribution in [0.5, 0.6) is 0 Å². The third-order valence-corrected chi connectivity index (χ3v) is 4.48. The van der Waals surface area contributed by atoms with E-state index in [4.69, 9.17) is 22.7 Å². The summed E-state index contributed by atoms with van der Waals surface area (Å²) in [5.74, 6) is -0.0118. The molecule has 0 aromatic heterocycles. The summed E-state index contributed by atoms with van der Waals surface area (Å²) in [5.41, 5.74) is 6.04. The summed E-state index contributed by atoms with van der Waals surface area (Å²) in [6.07, 6.45) is 0. The summed E-state index contributed by atoms with van der Waals surface area (Å²) in [5, 5.41) is 10.4. The van der Waals surface area contributed by atoms with Crippen LogP contribution in [0.3, 0.4) is 0 Å². The van der Waals surface area contributed by atoms with Crippen molar-refractivity contribution in [2.45, 2.75) is 9.79 Å². The van der Waals surface area contributed by atoms with E-state index in [1.165, 1.54) is 10.8 Å². The van der Waals surface area contributed by atoms with Crippen LogP contribution in [-0.2, 0) is 0 Å². The van der Waals surface area contributed by atoms with Crippen LogP contribution in [0.4, 0.5) is 0 Å². The molecule has 0 amide bonds. The van der Waals surface area contributed by atoms with Gasteiger partial charge in [-0.3, -0.25) is 5.41 Å². The predicted molar refractivity (Wildman–Crippen MR) is 90.5 cm³/mol. The average molecular weight is 313 g/mol. The number of benzene rings is 3. The number of hydrogen-bond donors (Lipinski definition) is 2. The van der Waals surface area contributed by atoms with Gasteiger partial charge < -0.3 is 5.73 Å². The molecular formula is C17H13ClN2S. The SMILES string of the molecule is N=C(N)c1ccc(Sc2ccc3ccccc3c2)cc1Cl. The lowest BCUT2D eigenvalue weighted by Crippen LogP contribution is -2.11. The van der Waals surface area contributed by atoms with E-state index in [1.54, 1.807) is 17.8 Å². The van der Waals surface area contributed by atoms with Crippen molar-refractivity contribution in [1.82, 2.24) is 0 Å². The van der Waals surface area contributed by atoms with Crippen molar-refractivity contribution >= 4 is 40.0 Å². The first-order chi connectivity index (χ1) is 10.1. The molecule has 0 aliphatic rings. The number of amidine groups is 1. The quantitative estimate of drug-likeness (QED) is 0.532. The van der Waals surface area contributed by atoms with Crippen LogP contribution >= 0.6 is 23.4 Å². The number of halogens is 1. The summed E-state index contributed by atoms with van der Waals surface area (Å²) in [6, 6.07) is 20.2. The molecule has 0 aliphatic heterocycles. The van der Waals surface area contributed by atoms with Gasteiger partial charge >= 0.3 is 0 Å². The molecule has 3 aromatic carbocycles. The van der Waals surface area contributed by atoms with E-state index >= 15 is 0 Å². The van der Waals surface area contributed by atoms with Gasteiger partial charge in [-0.2, -0.15) is 0 Å². The summed E-state index contributed by atoms with van der Waals surface area (Å²) < 4.78 is 0. The molecular weight excluding hydrogens is 300 g/mol. The maximum atomic E-state index is 7.44. The highest BCUT2D eigenvalue weighted by atomic mass is 35.5. The second-order valence-electron chi connectivity index (χ2n) is 4.67. The molecule has 0 heterocycles. The van der Waals surface area contributed by atoms with Crippen molar-refractivity contribution < 1.29 is 0 Å². The van der Waals surface area contributed by atoms with E-state index in [2.05, 4.69) is 30.3 Å². The fraction of sp³-hybridized carbons (Fsp3) is 0. The summed E-state index contributed by atoms with van der Waals surface area (Å²) in [7, 11) is 0. The van der Waals surface area contributed by atoms with Crippen LogP contribution < -0.4 is 5.73 Å². The van der Waals surface area contributed by atoms with E-state index in [1.807, 2.05) is 24.3 Å². The number of hydrogen-bond acceptors (Lipinski definition) is 2. The first-order valence-electron chi connectivity index (χ1n) is 6.44. The summed E-state index contributed by atoms with van der Waals surface area (Å²) in [4.78, 5) is 2.18. The Hall–Kier alpha value is -1.97. The van der Waals surface area contributed by atoms with Crippen LogP contribution in [0.15, 0.2) is 70.5 Å². The molecule has 0 unspecified atom stereocenters. The Morgan fingerprint density at radius 1 is 0.905 bits per heavy atom. The number of nitrogen functional groups attached to an aromatic ring is 1. The van der Waals surface area contributed by atoms with Gasteiger partial charge in [0.2, 0.25) is 0 Å². The first kappa shape index (κ1) is 14.0. The molecule has 3 N–H and O–H groups in total. The fourth-order valence-corrected chi connectivity index (χ4v) is 3.40. The maximum absolute atomic E-state index is 7.44. The fourth-order valence-electron chi connectivity index (χ4n) is 2.14. The van der Waals surface area contributed by atoms with Crippen molar-refractivity contribution in [3.63, 3.8) is 0 Å². The van der Waals surface area contributed by atoms with Crippen molar-refractivity contribution in [1.29, 1.82) is 5.41 Å². The molecule has 0 fully saturated rings. The minimum Gasteiger partial charge on any atom is -0.384 e. The zero-order valence-electron chi connectivity index (χ0n) is 11.1. The Kier molecular flexibility index (Phi) is 3.86. The van der Waals surface area contributed by atoms with Gasteiger partial charge in [-0.05, 0) is 41.1 Å². The summed E-state index contributed by atoms with van der Waals surface area (Å²) >= 11 is 7.79. The van der Waals surface area contributed by atoms with Gasteiger partial charge in [-0.1, -0.05) is 53.7 Å². The number of nitrogens with one attached hydrogen (secondary N) is 1. The molecule has 21 heavy (non-hydrogen) atoms. The monoisotopic (exact) mass is 312 g/mol. The van der Waals surface area contributed by atoms with Gasteiger partial charge in [0.05, 0.1) is 5.02 Å². The van der Waals surface area contributed by atoms with E-state index in [9.17, 15) is 0 Å². The second-order valence-corrected chi connectivity index (χ2v) is 6.22. The van der Waals surface area contributed by atoms with Crippen molar-refractivity contribution in [3.05, 3.63) is 71.2 Å². The third kappa shape index (κ3) is 3.04. The highest BCUT2D eigenvalue weighted by Gasteiger charge is 2.06. The molecule has 4 heteroatoms. The molecule has 0 bridgehead atoms. The van der Waals surface area contributed by atoms with Crippen molar-refractivity contribution in [3.8, 4) is 0 Å². The zero-order chi connectivity index (χ0) is 14.8. The molecule has 0 atom stereocenters. The highest BCUT2D eigenvalue weighted by Crippen LogP contribution is 2.32. The molecule has 3 rings (SSSR count). The topological polar surface area (TPSA) is 49.9 Å². The molecule has 104 valence electrons. The number of nitrogens with two attached hydrogens (primary N) is 1. The Bertz CT molecular complexity index is 830. The minimum atomic E-state index is -0.0118. The van der Waals surface area contributed by atoms with Gasteiger partial charge in [-0.25, -0.2) is 0 Å². The molecule has 0 aliphatic carbocycles. The summed E-state index contributed by atoms with van der Waals surface area (Å²) in [6.45, 7) is 0. The van der Waals surface area contributed by atoms with Crippen LogP contribution in [0.25, 0.3) is 10.8 Å². The first-order valence-corrected chi connectivity index (χ1v) is 7.63. The predicted octanol–water partition coefficient (Wildman–Crippen LogP) is 4.93. The lowest BCUT2D eigenvalue weighted by atomic mass is 10.1. The van der Waals surface area contributed by atoms with Crippen LogP contribution in [0.1, 0.15) is 5.56 Å². The zero-order valence-corrected chi connectivity index (χ0v) is 12.7. The van der Waals surface area contributed by atoms with Gasteiger partial charge in [0.25, 0.3) is 0 Å². The van der Waals surface area contributed by atoms with E-state index in [-0.39, 0.29) is 5.84 Å². The van der Waals surface area contributed by atoms with Gasteiger partial charge in [0.15, 0.2) is 0 Å². The minimum absolute atomic E-state index is 0.0118. The van der Waals surface area contributed by atoms with Crippen LogP contribution in [0.2, 0.25) is 5.02 Å². The number of fused-ring (bicyclic) bond motifs is 1. The Morgan fingerprint density at radius 2 is 1.57 bits per heavy atom. The van der Waals surface area contributed by atoms with Crippen molar-refractivity contribution in [2.75, 3.05) is 0 Å². The average Bonchev–Trinajstić information content (AvgIpc) is 2.47. The largest absolute Gasteiger partial charge is 0.384 e. The van der Waals surface area contributed by atoms with E-state index in [0.717, 1.165) is 9.79 Å². The van der Waals surface area contributed by atoms with Crippen LogP contribution in [-0.4, -0.2) is 5.84 Å². The molecule has 3 aromatic rings. The Morgan fingerprint density at radius 3 is 2.29 bits per heavy atom.